The zero-order valence-corrected chi connectivity index (χ0v) is 8.69. The van der Waals surface area contributed by atoms with Gasteiger partial charge in [-0.1, -0.05) is 28.1 Å². The minimum atomic E-state index is -0.380. The molecule has 70 valence electrons. The molecule has 0 spiro atoms. The number of anilines is 1. The summed E-state index contributed by atoms with van der Waals surface area (Å²) in [5.74, 6) is -0.653. The smallest absolute Gasteiger partial charge is 0.221 e. The standard InChI is InChI=1S/C9H9BrFNO/c1-6(13)12-8-4-2-3-7(5-10)9(8)11/h2-4H,5H2,1H3,(H,12,13). The van der Waals surface area contributed by atoms with Gasteiger partial charge in [-0.3, -0.25) is 4.79 Å². The van der Waals surface area contributed by atoms with E-state index in [1.165, 1.54) is 13.0 Å². The first-order chi connectivity index (χ1) is 6.15. The molecule has 1 aromatic carbocycles. The molecule has 1 N–H and O–H groups in total. The molecule has 1 amide bonds. The van der Waals surface area contributed by atoms with Crippen molar-refractivity contribution in [1.82, 2.24) is 0 Å². The van der Waals surface area contributed by atoms with Crippen molar-refractivity contribution < 1.29 is 9.18 Å². The molecule has 0 fully saturated rings. The highest BCUT2D eigenvalue weighted by Gasteiger charge is 2.07. The summed E-state index contributed by atoms with van der Waals surface area (Å²) in [6.45, 7) is 1.35. The van der Waals surface area contributed by atoms with Gasteiger partial charge in [0.1, 0.15) is 0 Å². The topological polar surface area (TPSA) is 29.1 Å². The lowest BCUT2D eigenvalue weighted by Gasteiger charge is -2.05. The first-order valence-corrected chi connectivity index (χ1v) is 4.88. The molecule has 0 aromatic heterocycles. The minimum Gasteiger partial charge on any atom is -0.324 e. The molecule has 2 nitrogen and oxygen atoms in total. The highest BCUT2D eigenvalue weighted by atomic mass is 79.9. The van der Waals surface area contributed by atoms with Crippen LogP contribution < -0.4 is 5.32 Å². The number of alkyl halides is 1. The zero-order valence-electron chi connectivity index (χ0n) is 7.10. The first kappa shape index (κ1) is 10.2. The van der Waals surface area contributed by atoms with Crippen LogP contribution in [0.1, 0.15) is 12.5 Å². The maximum Gasteiger partial charge on any atom is 0.221 e. The van der Waals surface area contributed by atoms with Crippen molar-refractivity contribution in [1.29, 1.82) is 0 Å². The van der Waals surface area contributed by atoms with Gasteiger partial charge >= 0.3 is 0 Å². The summed E-state index contributed by atoms with van der Waals surface area (Å²) < 4.78 is 13.4. The van der Waals surface area contributed by atoms with Gasteiger partial charge in [0.05, 0.1) is 5.69 Å². The zero-order chi connectivity index (χ0) is 9.84. The molecule has 0 unspecified atom stereocenters. The summed E-state index contributed by atoms with van der Waals surface area (Å²) in [6, 6.07) is 4.89. The van der Waals surface area contributed by atoms with Gasteiger partial charge in [-0.05, 0) is 6.07 Å². The summed E-state index contributed by atoms with van der Waals surface area (Å²) >= 11 is 3.16. The van der Waals surface area contributed by atoms with Gasteiger partial charge in [0, 0.05) is 17.8 Å². The Morgan fingerprint density at radius 3 is 2.85 bits per heavy atom. The molecule has 13 heavy (non-hydrogen) atoms. The minimum absolute atomic E-state index is 0.226. The summed E-state index contributed by atoms with van der Waals surface area (Å²) in [7, 11) is 0. The van der Waals surface area contributed by atoms with Gasteiger partial charge < -0.3 is 5.32 Å². The second-order valence-electron chi connectivity index (χ2n) is 2.59. The third-order valence-electron chi connectivity index (χ3n) is 1.53. The van der Waals surface area contributed by atoms with Gasteiger partial charge in [-0.25, -0.2) is 4.39 Å². The van der Waals surface area contributed by atoms with Crippen LogP contribution in [0.4, 0.5) is 10.1 Å². The Labute approximate surface area is 84.3 Å². The molecule has 0 radical (unpaired) electrons. The van der Waals surface area contributed by atoms with E-state index in [4.69, 9.17) is 0 Å². The molecule has 0 saturated heterocycles. The quantitative estimate of drug-likeness (QED) is 0.798. The molecule has 0 aliphatic heterocycles. The Morgan fingerprint density at radius 2 is 2.31 bits per heavy atom. The Balaban J connectivity index is 3.01. The fraction of sp³-hybridized carbons (Fsp3) is 0.222. The van der Waals surface area contributed by atoms with Crippen molar-refractivity contribution in [2.24, 2.45) is 0 Å². The van der Waals surface area contributed by atoms with Crippen molar-refractivity contribution in [2.75, 3.05) is 5.32 Å². The number of hydrogen-bond donors (Lipinski definition) is 1. The maximum atomic E-state index is 13.4. The normalized spacial score (nSPS) is 9.77. The van der Waals surface area contributed by atoms with Crippen LogP contribution >= 0.6 is 15.9 Å². The second-order valence-corrected chi connectivity index (χ2v) is 3.15. The summed E-state index contributed by atoms with van der Waals surface area (Å²) in [6.07, 6.45) is 0. The number of carbonyl (C=O) groups excluding carboxylic acids is 1. The van der Waals surface area contributed by atoms with E-state index in [9.17, 15) is 9.18 Å². The molecule has 0 heterocycles. The Bertz CT molecular complexity index is 327. The van der Waals surface area contributed by atoms with Gasteiger partial charge in [0.15, 0.2) is 5.82 Å². The summed E-state index contributed by atoms with van der Waals surface area (Å²) in [4.78, 5) is 10.7. The highest BCUT2D eigenvalue weighted by molar-refractivity contribution is 9.08. The lowest BCUT2D eigenvalue weighted by molar-refractivity contribution is -0.114. The average molecular weight is 246 g/mol. The molecule has 0 saturated carbocycles. The SMILES string of the molecule is CC(=O)Nc1cccc(CBr)c1F. The van der Waals surface area contributed by atoms with E-state index in [1.807, 2.05) is 0 Å². The monoisotopic (exact) mass is 245 g/mol. The predicted molar refractivity (Wildman–Crippen MR) is 53.3 cm³/mol. The second kappa shape index (κ2) is 4.37. The van der Waals surface area contributed by atoms with Crippen molar-refractivity contribution in [3.05, 3.63) is 29.6 Å². The first-order valence-electron chi connectivity index (χ1n) is 3.76. The average Bonchev–Trinajstić information content (AvgIpc) is 2.08. The van der Waals surface area contributed by atoms with E-state index in [-0.39, 0.29) is 17.4 Å². The third-order valence-corrected chi connectivity index (χ3v) is 2.14. The number of halogens is 2. The van der Waals surface area contributed by atoms with Crippen molar-refractivity contribution in [2.45, 2.75) is 12.3 Å². The van der Waals surface area contributed by atoms with Crippen LogP contribution in [0.2, 0.25) is 0 Å². The molecule has 0 aliphatic carbocycles. The predicted octanol–water partition coefficient (Wildman–Crippen LogP) is 2.68. The molecule has 0 atom stereocenters. The maximum absolute atomic E-state index is 13.4. The molecular weight excluding hydrogens is 237 g/mol. The van der Waals surface area contributed by atoms with Crippen molar-refractivity contribution >= 4 is 27.5 Å². The Hall–Kier alpha value is -0.900. The highest BCUT2D eigenvalue weighted by Crippen LogP contribution is 2.19. The van der Waals surface area contributed by atoms with Crippen LogP contribution in [0.5, 0.6) is 0 Å². The van der Waals surface area contributed by atoms with Crippen molar-refractivity contribution in [3.8, 4) is 0 Å². The number of amides is 1. The van der Waals surface area contributed by atoms with Crippen LogP contribution in [0.25, 0.3) is 0 Å². The number of hydrogen-bond acceptors (Lipinski definition) is 1. The Kier molecular flexibility index (Phi) is 3.42. The van der Waals surface area contributed by atoms with Gasteiger partial charge in [0.25, 0.3) is 0 Å². The molecular formula is C9H9BrFNO. The molecule has 1 aromatic rings. The number of rotatable bonds is 2. The van der Waals surface area contributed by atoms with E-state index >= 15 is 0 Å². The van der Waals surface area contributed by atoms with Crippen LogP contribution in [0, 0.1) is 5.82 Å². The van der Waals surface area contributed by atoms with Gasteiger partial charge in [-0.15, -0.1) is 0 Å². The molecule has 1 rings (SSSR count). The summed E-state index contributed by atoms with van der Waals surface area (Å²) in [5, 5.41) is 2.85. The van der Waals surface area contributed by atoms with Gasteiger partial charge in [0.2, 0.25) is 5.91 Å². The van der Waals surface area contributed by atoms with E-state index in [2.05, 4.69) is 21.2 Å². The van der Waals surface area contributed by atoms with Crippen LogP contribution in [-0.4, -0.2) is 5.91 Å². The van der Waals surface area contributed by atoms with E-state index < -0.39 is 0 Å². The lowest BCUT2D eigenvalue weighted by Crippen LogP contribution is -2.08. The number of carbonyl (C=O) groups is 1. The van der Waals surface area contributed by atoms with E-state index in [0.29, 0.717) is 10.9 Å². The number of benzene rings is 1. The third kappa shape index (κ3) is 2.52. The van der Waals surface area contributed by atoms with Crippen LogP contribution in [0.15, 0.2) is 18.2 Å². The van der Waals surface area contributed by atoms with Crippen LogP contribution in [-0.2, 0) is 10.1 Å². The molecule has 4 heteroatoms. The fourth-order valence-corrected chi connectivity index (χ4v) is 1.40. The van der Waals surface area contributed by atoms with E-state index in [0.717, 1.165) is 0 Å². The largest absolute Gasteiger partial charge is 0.324 e. The Morgan fingerprint density at radius 1 is 1.62 bits per heavy atom. The van der Waals surface area contributed by atoms with Crippen molar-refractivity contribution in [3.63, 3.8) is 0 Å². The number of nitrogens with one attached hydrogen (secondary N) is 1. The van der Waals surface area contributed by atoms with Crippen LogP contribution in [0.3, 0.4) is 0 Å². The van der Waals surface area contributed by atoms with Gasteiger partial charge in [-0.2, -0.15) is 0 Å². The fourth-order valence-electron chi connectivity index (χ4n) is 0.969. The summed E-state index contributed by atoms with van der Waals surface area (Å²) in [5.41, 5.74) is 0.760. The lowest BCUT2D eigenvalue weighted by atomic mass is 10.2. The molecule has 0 bridgehead atoms. The molecule has 0 aliphatic rings. The van der Waals surface area contributed by atoms with E-state index in [1.54, 1.807) is 12.1 Å².